The van der Waals surface area contributed by atoms with Crippen molar-refractivity contribution in [2.24, 2.45) is 22.9 Å². The summed E-state index contributed by atoms with van der Waals surface area (Å²) in [4.78, 5) is 0. The summed E-state index contributed by atoms with van der Waals surface area (Å²) in [5, 5.41) is 102. The normalized spacial score (nSPS) is 52.9. The van der Waals surface area contributed by atoms with E-state index in [0.717, 1.165) is 0 Å². The Morgan fingerprint density at radius 1 is 0.400 bits per heavy atom. The molecule has 21 nitrogen and oxygen atoms in total. The van der Waals surface area contributed by atoms with Crippen LogP contribution in [0.1, 0.15) is 0 Å². The molecule has 4 aliphatic heterocycles. The van der Waals surface area contributed by atoms with E-state index in [4.69, 9.17) is 56.1 Å². The fourth-order valence-corrected chi connectivity index (χ4v) is 5.72. The standard InChI is InChI=1S/C24H46N4O17/c25-9-15(35)18(6(2-30)39-21(9)38)43-23-11(27)17(37)20(8(4-32)41-23)45-24-12(28)16(36)19(7(3-31)42-24)44-22-10(26)14(34)13(33)5(1-29)40-22/h5-24,29-38H,1-4,25-28H2/t5?,6?,7?,8?,9-,10+,11+,12-,13?,14+,15?,16?,17+,18+,19+,20?,21-,22?,23?,24+/m0/s1. The van der Waals surface area contributed by atoms with E-state index in [0.29, 0.717) is 0 Å². The maximum Gasteiger partial charge on any atom is 0.176 e. The van der Waals surface area contributed by atoms with Gasteiger partial charge in [-0.05, 0) is 0 Å². The summed E-state index contributed by atoms with van der Waals surface area (Å²) in [6, 6.07) is -5.48. The summed E-state index contributed by atoms with van der Waals surface area (Å²) in [6.45, 7) is -2.91. The van der Waals surface area contributed by atoms with E-state index in [-0.39, 0.29) is 0 Å². The summed E-state index contributed by atoms with van der Waals surface area (Å²) < 4.78 is 39.2. The van der Waals surface area contributed by atoms with Gasteiger partial charge in [-0.2, -0.15) is 0 Å². The summed E-state index contributed by atoms with van der Waals surface area (Å²) >= 11 is 0. The van der Waals surface area contributed by atoms with E-state index < -0.39 is 149 Å². The van der Waals surface area contributed by atoms with Crippen molar-refractivity contribution in [2.75, 3.05) is 26.4 Å². The molecule has 20 atom stereocenters. The zero-order valence-corrected chi connectivity index (χ0v) is 24.0. The molecule has 0 bridgehead atoms. The number of hydrogen-bond donors (Lipinski definition) is 14. The molecule has 4 saturated heterocycles. The van der Waals surface area contributed by atoms with Gasteiger partial charge in [0.15, 0.2) is 25.2 Å². The molecular weight excluding hydrogens is 616 g/mol. The van der Waals surface area contributed by atoms with Gasteiger partial charge in [-0.1, -0.05) is 0 Å². The predicted octanol–water partition coefficient (Wildman–Crippen LogP) is -9.88. The second-order valence-electron chi connectivity index (χ2n) is 11.5. The van der Waals surface area contributed by atoms with E-state index in [9.17, 15) is 51.1 Å². The van der Waals surface area contributed by atoms with E-state index in [1.807, 2.05) is 0 Å². The number of hydrogen-bond acceptors (Lipinski definition) is 21. The lowest BCUT2D eigenvalue weighted by molar-refractivity contribution is -0.358. The van der Waals surface area contributed by atoms with Gasteiger partial charge in [0, 0.05) is 0 Å². The number of rotatable bonds is 10. The molecule has 0 aromatic carbocycles. The highest BCUT2D eigenvalue weighted by Crippen LogP contribution is 2.33. The van der Waals surface area contributed by atoms with E-state index in [1.54, 1.807) is 0 Å². The topological polar surface area (TPSA) is 371 Å². The molecule has 4 heterocycles. The van der Waals surface area contributed by atoms with Crippen LogP contribution in [0.4, 0.5) is 0 Å². The third-order valence-electron chi connectivity index (χ3n) is 8.52. The van der Waals surface area contributed by atoms with Crippen LogP contribution in [0.5, 0.6) is 0 Å². The van der Waals surface area contributed by atoms with Gasteiger partial charge < -0.3 is 107 Å². The minimum absolute atomic E-state index is 0.688. The Morgan fingerprint density at radius 3 is 1.09 bits per heavy atom. The lowest BCUT2D eigenvalue weighted by atomic mass is 9.94. The molecule has 0 saturated carbocycles. The molecule has 4 rings (SSSR count). The summed E-state index contributed by atoms with van der Waals surface area (Å²) in [6.07, 6.45) is -23.5. The van der Waals surface area contributed by atoms with Crippen molar-refractivity contribution in [3.8, 4) is 0 Å². The smallest absolute Gasteiger partial charge is 0.176 e. The van der Waals surface area contributed by atoms with Crippen LogP contribution in [0.15, 0.2) is 0 Å². The number of aliphatic hydroxyl groups excluding tert-OH is 10. The van der Waals surface area contributed by atoms with Crippen LogP contribution in [0, 0.1) is 0 Å². The Hall–Kier alpha value is -0.840. The quantitative estimate of drug-likeness (QED) is 0.103. The number of nitrogens with two attached hydrogens (primary N) is 4. The van der Waals surface area contributed by atoms with Crippen molar-refractivity contribution in [1.29, 1.82) is 0 Å². The number of aliphatic hydroxyl groups is 10. The molecule has 0 aromatic rings. The van der Waals surface area contributed by atoms with Gasteiger partial charge >= 0.3 is 0 Å². The van der Waals surface area contributed by atoms with E-state index in [1.165, 1.54) is 0 Å². The van der Waals surface area contributed by atoms with Gasteiger partial charge in [-0.3, -0.25) is 0 Å². The lowest BCUT2D eigenvalue weighted by Crippen LogP contribution is -2.70. The fraction of sp³-hybridized carbons (Fsp3) is 1.00. The highest BCUT2D eigenvalue weighted by molar-refractivity contribution is 5.00. The van der Waals surface area contributed by atoms with Gasteiger partial charge in [-0.25, -0.2) is 0 Å². The van der Waals surface area contributed by atoms with Crippen LogP contribution >= 0.6 is 0 Å². The molecule has 0 aliphatic carbocycles. The SMILES string of the molecule is N[C@H]1C(O)[C@H](OC2OC(CO)C(O)[C@H](O)[C@H]2N)C(CO)O[C@@H]1OC1C(CO)OC(O[C@@H]2C(CO)O[C@H](O)[C@@H](N)C2O)[C@H](N)[C@H]1O. The minimum Gasteiger partial charge on any atom is -0.394 e. The molecule has 45 heavy (non-hydrogen) atoms. The average molecular weight is 663 g/mol. The van der Waals surface area contributed by atoms with Gasteiger partial charge in [0.25, 0.3) is 0 Å². The zero-order chi connectivity index (χ0) is 33.3. The third kappa shape index (κ3) is 7.44. The van der Waals surface area contributed by atoms with Crippen molar-refractivity contribution in [1.82, 2.24) is 0 Å². The van der Waals surface area contributed by atoms with Crippen molar-refractivity contribution < 1.29 is 84.2 Å². The summed E-state index contributed by atoms with van der Waals surface area (Å²) in [7, 11) is 0. The molecule has 264 valence electrons. The Labute approximate surface area is 256 Å². The maximum atomic E-state index is 11.1. The van der Waals surface area contributed by atoms with Gasteiger partial charge in [0.05, 0.1) is 50.6 Å². The van der Waals surface area contributed by atoms with Crippen LogP contribution < -0.4 is 22.9 Å². The molecule has 18 N–H and O–H groups in total. The van der Waals surface area contributed by atoms with Crippen LogP contribution in [-0.2, 0) is 33.2 Å². The first-order valence-corrected chi connectivity index (χ1v) is 14.4. The second-order valence-corrected chi connectivity index (χ2v) is 11.5. The van der Waals surface area contributed by atoms with Crippen molar-refractivity contribution >= 4 is 0 Å². The Balaban J connectivity index is 1.43. The molecule has 4 aliphatic rings. The van der Waals surface area contributed by atoms with Gasteiger partial charge in [0.1, 0.15) is 73.2 Å². The first-order valence-electron chi connectivity index (χ1n) is 14.4. The highest BCUT2D eigenvalue weighted by atomic mass is 16.8. The van der Waals surface area contributed by atoms with Crippen molar-refractivity contribution in [2.45, 2.75) is 123 Å². The van der Waals surface area contributed by atoms with Crippen molar-refractivity contribution in [3.05, 3.63) is 0 Å². The van der Waals surface area contributed by atoms with Gasteiger partial charge in [0.2, 0.25) is 0 Å². The molecule has 21 heteroatoms. The fourth-order valence-electron chi connectivity index (χ4n) is 5.72. The molecule has 0 aromatic heterocycles. The van der Waals surface area contributed by atoms with Crippen LogP contribution in [0.2, 0.25) is 0 Å². The molecule has 10 unspecified atom stereocenters. The van der Waals surface area contributed by atoms with Crippen LogP contribution in [0.25, 0.3) is 0 Å². The second kappa shape index (κ2) is 15.6. The Kier molecular flexibility index (Phi) is 12.8. The largest absolute Gasteiger partial charge is 0.394 e. The zero-order valence-electron chi connectivity index (χ0n) is 24.0. The third-order valence-corrected chi connectivity index (χ3v) is 8.52. The molecule has 0 spiro atoms. The molecule has 4 fully saturated rings. The molecule has 0 radical (unpaired) electrons. The lowest BCUT2D eigenvalue weighted by Gasteiger charge is -2.49. The summed E-state index contributed by atoms with van der Waals surface area (Å²) in [5.41, 5.74) is 24.0. The van der Waals surface area contributed by atoms with E-state index >= 15 is 0 Å². The summed E-state index contributed by atoms with van der Waals surface area (Å²) in [5.74, 6) is 0. The van der Waals surface area contributed by atoms with Gasteiger partial charge in [-0.15, -0.1) is 0 Å². The molecular formula is C24H46N4O17. The number of ether oxygens (including phenoxy) is 7. The first-order chi connectivity index (χ1) is 21.3. The minimum atomic E-state index is -1.65. The Morgan fingerprint density at radius 2 is 0.711 bits per heavy atom. The Bertz CT molecular complexity index is 925. The van der Waals surface area contributed by atoms with E-state index in [2.05, 4.69) is 0 Å². The first kappa shape index (κ1) is 37.0. The maximum absolute atomic E-state index is 11.1. The van der Waals surface area contributed by atoms with Crippen LogP contribution in [0.3, 0.4) is 0 Å². The highest BCUT2D eigenvalue weighted by Gasteiger charge is 2.54. The van der Waals surface area contributed by atoms with Crippen molar-refractivity contribution in [3.63, 3.8) is 0 Å². The average Bonchev–Trinajstić information content (AvgIpc) is 3.03. The van der Waals surface area contributed by atoms with Crippen LogP contribution in [-0.4, -0.2) is 200 Å². The predicted molar refractivity (Wildman–Crippen MR) is 142 cm³/mol. The monoisotopic (exact) mass is 662 g/mol. The molecule has 0 amide bonds.